The van der Waals surface area contributed by atoms with Crippen LogP contribution in [0.25, 0.3) is 0 Å². The van der Waals surface area contributed by atoms with E-state index in [0.717, 1.165) is 65.1 Å². The molecule has 1 aliphatic carbocycles. The van der Waals surface area contributed by atoms with Crippen molar-refractivity contribution in [1.82, 2.24) is 10.2 Å². The molecule has 3 fully saturated rings. The van der Waals surface area contributed by atoms with Gasteiger partial charge in [0.1, 0.15) is 6.17 Å². The minimum atomic E-state index is -0.616. The summed E-state index contributed by atoms with van der Waals surface area (Å²) in [6.07, 6.45) is 3.03. The van der Waals surface area contributed by atoms with Gasteiger partial charge in [-0.15, -0.1) is 0 Å². The predicted molar refractivity (Wildman–Crippen MR) is 66.2 cm³/mol. The van der Waals surface area contributed by atoms with Crippen LogP contribution >= 0.6 is 0 Å². The molecule has 0 aromatic rings. The standard InChI is InChI=1S/C13H23FN2O2/c14-11-1-2-12(11)15-5-8-16-6-3-13(4-7-16)17-9-10-18-13/h11-12,15H,1-10H2. The molecule has 1 spiro atoms. The number of piperidine rings is 1. The number of rotatable bonds is 4. The molecule has 2 atom stereocenters. The van der Waals surface area contributed by atoms with Crippen LogP contribution in [0.5, 0.6) is 0 Å². The molecule has 2 saturated heterocycles. The molecule has 1 saturated carbocycles. The topological polar surface area (TPSA) is 33.7 Å². The van der Waals surface area contributed by atoms with E-state index in [1.54, 1.807) is 0 Å². The summed E-state index contributed by atoms with van der Waals surface area (Å²) in [7, 11) is 0. The van der Waals surface area contributed by atoms with Crippen molar-refractivity contribution >= 4 is 0 Å². The average Bonchev–Trinajstić information content (AvgIpc) is 2.83. The molecular formula is C13H23FN2O2. The molecule has 0 radical (unpaired) electrons. The molecule has 0 amide bonds. The van der Waals surface area contributed by atoms with Crippen molar-refractivity contribution in [3.8, 4) is 0 Å². The first-order chi connectivity index (χ1) is 8.77. The number of ether oxygens (including phenoxy) is 2. The van der Waals surface area contributed by atoms with Crippen LogP contribution in [0.1, 0.15) is 25.7 Å². The zero-order valence-electron chi connectivity index (χ0n) is 10.9. The summed E-state index contributed by atoms with van der Waals surface area (Å²) < 4.78 is 24.4. The number of likely N-dealkylation sites (tertiary alicyclic amines) is 1. The minimum absolute atomic E-state index is 0.114. The van der Waals surface area contributed by atoms with Gasteiger partial charge in [-0.25, -0.2) is 4.39 Å². The second-order valence-electron chi connectivity index (χ2n) is 5.60. The molecule has 2 unspecified atom stereocenters. The molecule has 2 heterocycles. The van der Waals surface area contributed by atoms with Crippen LogP contribution in [0.4, 0.5) is 4.39 Å². The molecular weight excluding hydrogens is 235 g/mol. The van der Waals surface area contributed by atoms with Gasteiger partial charge in [0.15, 0.2) is 5.79 Å². The van der Waals surface area contributed by atoms with Crippen LogP contribution in [-0.2, 0) is 9.47 Å². The quantitative estimate of drug-likeness (QED) is 0.813. The Hall–Kier alpha value is -0.230. The first-order valence-corrected chi connectivity index (χ1v) is 7.15. The molecule has 0 aromatic carbocycles. The van der Waals surface area contributed by atoms with Gasteiger partial charge in [-0.1, -0.05) is 0 Å². The van der Waals surface area contributed by atoms with Gasteiger partial charge in [0, 0.05) is 45.1 Å². The predicted octanol–water partition coefficient (Wildman–Crippen LogP) is 0.915. The van der Waals surface area contributed by atoms with Gasteiger partial charge in [-0.2, -0.15) is 0 Å². The van der Waals surface area contributed by atoms with Gasteiger partial charge in [-0.05, 0) is 12.8 Å². The Balaban J connectivity index is 1.33. The van der Waals surface area contributed by atoms with Crippen molar-refractivity contribution in [2.75, 3.05) is 39.4 Å². The minimum Gasteiger partial charge on any atom is -0.347 e. The van der Waals surface area contributed by atoms with Gasteiger partial charge < -0.3 is 19.7 Å². The van der Waals surface area contributed by atoms with Crippen molar-refractivity contribution in [2.24, 2.45) is 0 Å². The van der Waals surface area contributed by atoms with E-state index < -0.39 is 6.17 Å². The molecule has 18 heavy (non-hydrogen) atoms. The van der Waals surface area contributed by atoms with E-state index in [4.69, 9.17) is 9.47 Å². The second kappa shape index (κ2) is 5.41. The van der Waals surface area contributed by atoms with E-state index in [9.17, 15) is 4.39 Å². The Kier molecular flexibility index (Phi) is 3.84. The largest absolute Gasteiger partial charge is 0.347 e. The Morgan fingerprint density at radius 2 is 1.89 bits per heavy atom. The van der Waals surface area contributed by atoms with E-state index in [0.29, 0.717) is 0 Å². The molecule has 104 valence electrons. The van der Waals surface area contributed by atoms with Gasteiger partial charge in [0.2, 0.25) is 0 Å². The first-order valence-electron chi connectivity index (χ1n) is 7.15. The highest BCUT2D eigenvalue weighted by molar-refractivity contribution is 4.87. The van der Waals surface area contributed by atoms with Crippen molar-refractivity contribution in [3.63, 3.8) is 0 Å². The number of alkyl halides is 1. The lowest BCUT2D eigenvalue weighted by Crippen LogP contribution is -2.50. The third-order valence-electron chi connectivity index (χ3n) is 4.46. The highest BCUT2D eigenvalue weighted by Crippen LogP contribution is 2.31. The maximum Gasteiger partial charge on any atom is 0.170 e. The Bertz CT molecular complexity index is 274. The monoisotopic (exact) mass is 258 g/mol. The summed E-state index contributed by atoms with van der Waals surface area (Å²) in [4.78, 5) is 2.41. The van der Waals surface area contributed by atoms with Crippen LogP contribution in [0, 0.1) is 0 Å². The average molecular weight is 258 g/mol. The number of nitrogens with one attached hydrogen (secondary N) is 1. The Labute approximate surface area is 108 Å². The molecule has 4 nitrogen and oxygen atoms in total. The lowest BCUT2D eigenvalue weighted by atomic mass is 9.91. The second-order valence-corrected chi connectivity index (χ2v) is 5.60. The Morgan fingerprint density at radius 3 is 2.44 bits per heavy atom. The smallest absolute Gasteiger partial charge is 0.170 e. The van der Waals surface area contributed by atoms with Crippen molar-refractivity contribution in [3.05, 3.63) is 0 Å². The molecule has 1 N–H and O–H groups in total. The molecule has 5 heteroatoms. The number of hydrogen-bond donors (Lipinski definition) is 1. The maximum absolute atomic E-state index is 13.0. The summed E-state index contributed by atoms with van der Waals surface area (Å²) in [6.45, 7) is 5.40. The third-order valence-corrected chi connectivity index (χ3v) is 4.46. The van der Waals surface area contributed by atoms with E-state index in [2.05, 4.69) is 10.2 Å². The fourth-order valence-corrected chi connectivity index (χ4v) is 3.00. The van der Waals surface area contributed by atoms with Crippen LogP contribution in [0.3, 0.4) is 0 Å². The van der Waals surface area contributed by atoms with Crippen LogP contribution in [0.2, 0.25) is 0 Å². The van der Waals surface area contributed by atoms with Gasteiger partial charge >= 0.3 is 0 Å². The number of halogens is 1. The van der Waals surface area contributed by atoms with Gasteiger partial charge in [0.05, 0.1) is 13.2 Å². The zero-order valence-corrected chi connectivity index (χ0v) is 10.9. The third kappa shape index (κ3) is 2.69. The van der Waals surface area contributed by atoms with E-state index in [1.165, 1.54) is 0 Å². The number of nitrogens with zero attached hydrogens (tertiary/aromatic N) is 1. The zero-order chi connectivity index (χ0) is 12.4. The fourth-order valence-electron chi connectivity index (χ4n) is 3.00. The summed E-state index contributed by atoms with van der Waals surface area (Å²) in [6, 6.07) is 0.114. The lowest BCUT2D eigenvalue weighted by molar-refractivity contribution is -0.185. The molecule has 0 bridgehead atoms. The Morgan fingerprint density at radius 1 is 1.17 bits per heavy atom. The molecule has 0 aromatic heterocycles. The van der Waals surface area contributed by atoms with Crippen LogP contribution in [-0.4, -0.2) is 62.3 Å². The SMILES string of the molecule is FC1CCC1NCCN1CCC2(CC1)OCCO2. The fraction of sp³-hybridized carbons (Fsp3) is 1.00. The highest BCUT2D eigenvalue weighted by atomic mass is 19.1. The van der Waals surface area contributed by atoms with Crippen LogP contribution in [0.15, 0.2) is 0 Å². The molecule has 3 aliphatic rings. The molecule has 2 aliphatic heterocycles. The van der Waals surface area contributed by atoms with Gasteiger partial charge in [-0.3, -0.25) is 0 Å². The molecule has 3 rings (SSSR count). The lowest BCUT2D eigenvalue weighted by Gasteiger charge is -2.38. The summed E-state index contributed by atoms with van der Waals surface area (Å²) in [5.74, 6) is -0.276. The summed E-state index contributed by atoms with van der Waals surface area (Å²) in [5, 5.41) is 3.30. The van der Waals surface area contributed by atoms with Crippen molar-refractivity contribution in [2.45, 2.75) is 43.7 Å². The van der Waals surface area contributed by atoms with Crippen molar-refractivity contribution < 1.29 is 13.9 Å². The van der Waals surface area contributed by atoms with Crippen molar-refractivity contribution in [1.29, 1.82) is 0 Å². The van der Waals surface area contributed by atoms with E-state index in [-0.39, 0.29) is 11.8 Å². The van der Waals surface area contributed by atoms with E-state index in [1.807, 2.05) is 0 Å². The normalized spacial score (nSPS) is 35.8. The first kappa shape index (κ1) is 12.8. The maximum atomic E-state index is 13.0. The summed E-state index contributed by atoms with van der Waals surface area (Å²) in [5.41, 5.74) is 0. The summed E-state index contributed by atoms with van der Waals surface area (Å²) >= 11 is 0. The van der Waals surface area contributed by atoms with Gasteiger partial charge in [0.25, 0.3) is 0 Å². The number of hydrogen-bond acceptors (Lipinski definition) is 4. The van der Waals surface area contributed by atoms with E-state index >= 15 is 0 Å². The highest BCUT2D eigenvalue weighted by Gasteiger charge is 2.39. The van der Waals surface area contributed by atoms with Crippen LogP contribution < -0.4 is 5.32 Å².